The van der Waals surface area contributed by atoms with Crippen LogP contribution in [0.4, 0.5) is 4.39 Å². The molecule has 0 heterocycles. The van der Waals surface area contributed by atoms with Crippen LogP contribution in [0.1, 0.15) is 43.2 Å². The standard InChI is InChI=1S/C19H22FN/c1-2-21-13-17-9-10-18(20)12-19(17)16-8-4-7-15(11-16)14-5-3-6-14/h4,7-12,14,21H,2-3,5-6,13H2,1H3. The van der Waals surface area contributed by atoms with Crippen molar-refractivity contribution in [1.82, 2.24) is 5.32 Å². The van der Waals surface area contributed by atoms with E-state index in [9.17, 15) is 4.39 Å². The number of halogens is 1. The van der Waals surface area contributed by atoms with Crippen molar-refractivity contribution < 1.29 is 4.39 Å². The zero-order valence-corrected chi connectivity index (χ0v) is 12.5. The van der Waals surface area contributed by atoms with E-state index >= 15 is 0 Å². The van der Waals surface area contributed by atoms with Crippen molar-refractivity contribution in [2.45, 2.75) is 38.6 Å². The molecule has 21 heavy (non-hydrogen) atoms. The monoisotopic (exact) mass is 283 g/mol. The summed E-state index contributed by atoms with van der Waals surface area (Å²) in [5, 5.41) is 3.33. The fourth-order valence-corrected chi connectivity index (χ4v) is 2.93. The van der Waals surface area contributed by atoms with Crippen LogP contribution in [0.15, 0.2) is 42.5 Å². The molecular weight excluding hydrogens is 261 g/mol. The van der Waals surface area contributed by atoms with E-state index in [2.05, 4.69) is 36.5 Å². The van der Waals surface area contributed by atoms with Gasteiger partial charge in [0.1, 0.15) is 5.82 Å². The van der Waals surface area contributed by atoms with E-state index in [0.29, 0.717) is 5.92 Å². The predicted octanol–water partition coefficient (Wildman–Crippen LogP) is 4.87. The normalized spacial score (nSPS) is 15.0. The highest BCUT2D eigenvalue weighted by Crippen LogP contribution is 2.38. The van der Waals surface area contributed by atoms with Crippen LogP contribution in [0.2, 0.25) is 0 Å². The van der Waals surface area contributed by atoms with Gasteiger partial charge in [0.25, 0.3) is 0 Å². The predicted molar refractivity (Wildman–Crippen MR) is 85.8 cm³/mol. The molecule has 1 fully saturated rings. The van der Waals surface area contributed by atoms with Gasteiger partial charge in [-0.25, -0.2) is 4.39 Å². The number of nitrogens with one attached hydrogen (secondary N) is 1. The molecule has 2 aromatic rings. The molecule has 0 aromatic heterocycles. The third-order valence-corrected chi connectivity index (χ3v) is 4.41. The lowest BCUT2D eigenvalue weighted by molar-refractivity contribution is 0.420. The van der Waals surface area contributed by atoms with E-state index in [1.807, 2.05) is 6.07 Å². The van der Waals surface area contributed by atoms with Crippen LogP contribution in [-0.4, -0.2) is 6.54 Å². The Balaban J connectivity index is 1.96. The van der Waals surface area contributed by atoms with Gasteiger partial charge in [-0.05, 0) is 59.7 Å². The van der Waals surface area contributed by atoms with Crippen LogP contribution in [-0.2, 0) is 6.54 Å². The Hall–Kier alpha value is -1.67. The highest BCUT2D eigenvalue weighted by Gasteiger charge is 2.19. The topological polar surface area (TPSA) is 12.0 Å². The summed E-state index contributed by atoms with van der Waals surface area (Å²) in [5.41, 5.74) is 4.70. The summed E-state index contributed by atoms with van der Waals surface area (Å²) in [6.07, 6.45) is 3.91. The Morgan fingerprint density at radius 1 is 1.14 bits per heavy atom. The molecule has 0 bridgehead atoms. The second-order valence-electron chi connectivity index (χ2n) is 5.84. The van der Waals surface area contributed by atoms with Gasteiger partial charge in [-0.1, -0.05) is 43.7 Å². The van der Waals surface area contributed by atoms with Crippen LogP contribution >= 0.6 is 0 Å². The van der Waals surface area contributed by atoms with Crippen molar-refractivity contribution in [2.75, 3.05) is 6.54 Å². The molecule has 1 nitrogen and oxygen atoms in total. The van der Waals surface area contributed by atoms with Gasteiger partial charge in [-0.3, -0.25) is 0 Å². The van der Waals surface area contributed by atoms with E-state index in [4.69, 9.17) is 0 Å². The summed E-state index contributed by atoms with van der Waals surface area (Å²) in [6, 6.07) is 13.7. The molecular formula is C19H22FN. The van der Waals surface area contributed by atoms with Crippen molar-refractivity contribution in [3.63, 3.8) is 0 Å². The SMILES string of the molecule is CCNCc1ccc(F)cc1-c1cccc(C2CCC2)c1. The van der Waals surface area contributed by atoms with Crippen LogP contribution < -0.4 is 5.32 Å². The lowest BCUT2D eigenvalue weighted by Gasteiger charge is -2.26. The molecule has 0 spiro atoms. The molecule has 0 aliphatic heterocycles. The molecule has 1 N–H and O–H groups in total. The third kappa shape index (κ3) is 3.16. The summed E-state index contributed by atoms with van der Waals surface area (Å²) in [4.78, 5) is 0. The van der Waals surface area contributed by atoms with Crippen LogP contribution in [0.5, 0.6) is 0 Å². The van der Waals surface area contributed by atoms with Gasteiger partial charge in [0.05, 0.1) is 0 Å². The highest BCUT2D eigenvalue weighted by atomic mass is 19.1. The van der Waals surface area contributed by atoms with E-state index in [0.717, 1.165) is 29.8 Å². The molecule has 0 radical (unpaired) electrons. The van der Waals surface area contributed by atoms with E-state index < -0.39 is 0 Å². The van der Waals surface area contributed by atoms with Crippen molar-refractivity contribution in [1.29, 1.82) is 0 Å². The Kier molecular flexibility index (Phi) is 4.35. The largest absolute Gasteiger partial charge is 0.313 e. The molecule has 3 rings (SSSR count). The van der Waals surface area contributed by atoms with Crippen molar-refractivity contribution in [3.8, 4) is 11.1 Å². The third-order valence-electron chi connectivity index (χ3n) is 4.41. The number of benzene rings is 2. The van der Waals surface area contributed by atoms with Gasteiger partial charge in [0.15, 0.2) is 0 Å². The smallest absolute Gasteiger partial charge is 0.123 e. The highest BCUT2D eigenvalue weighted by molar-refractivity contribution is 5.68. The minimum absolute atomic E-state index is 0.167. The molecule has 1 aliphatic carbocycles. The molecule has 2 aromatic carbocycles. The first-order valence-corrected chi connectivity index (χ1v) is 7.87. The fourth-order valence-electron chi connectivity index (χ4n) is 2.93. The molecule has 1 saturated carbocycles. The molecule has 0 amide bonds. The van der Waals surface area contributed by atoms with Gasteiger partial charge in [0, 0.05) is 6.54 Å². The molecule has 110 valence electrons. The molecule has 0 atom stereocenters. The van der Waals surface area contributed by atoms with Gasteiger partial charge in [-0.2, -0.15) is 0 Å². The number of rotatable bonds is 5. The van der Waals surface area contributed by atoms with Crippen molar-refractivity contribution in [3.05, 3.63) is 59.4 Å². The Bertz CT molecular complexity index is 617. The molecule has 0 unspecified atom stereocenters. The molecule has 1 aliphatic rings. The van der Waals surface area contributed by atoms with Crippen molar-refractivity contribution in [2.24, 2.45) is 0 Å². The van der Waals surface area contributed by atoms with Crippen LogP contribution in [0.25, 0.3) is 11.1 Å². The number of hydrogen-bond acceptors (Lipinski definition) is 1. The number of hydrogen-bond donors (Lipinski definition) is 1. The maximum atomic E-state index is 13.7. The summed E-state index contributed by atoms with van der Waals surface area (Å²) in [5.74, 6) is 0.537. The van der Waals surface area contributed by atoms with Crippen LogP contribution in [0.3, 0.4) is 0 Å². The summed E-state index contributed by atoms with van der Waals surface area (Å²) in [7, 11) is 0. The minimum Gasteiger partial charge on any atom is -0.313 e. The lowest BCUT2D eigenvalue weighted by Crippen LogP contribution is -2.12. The zero-order chi connectivity index (χ0) is 14.7. The van der Waals surface area contributed by atoms with Crippen LogP contribution in [0, 0.1) is 5.82 Å². The maximum absolute atomic E-state index is 13.7. The molecule has 0 saturated heterocycles. The summed E-state index contributed by atoms with van der Waals surface area (Å²) in [6.45, 7) is 3.78. The Morgan fingerprint density at radius 3 is 2.71 bits per heavy atom. The van der Waals surface area contributed by atoms with Gasteiger partial charge >= 0.3 is 0 Å². The fraction of sp³-hybridized carbons (Fsp3) is 0.368. The first-order chi connectivity index (χ1) is 10.3. The minimum atomic E-state index is -0.167. The molecule has 2 heteroatoms. The average Bonchev–Trinajstić information content (AvgIpc) is 2.44. The van der Waals surface area contributed by atoms with Gasteiger partial charge in [0.2, 0.25) is 0 Å². The van der Waals surface area contributed by atoms with Gasteiger partial charge < -0.3 is 5.32 Å². The second-order valence-corrected chi connectivity index (χ2v) is 5.84. The van der Waals surface area contributed by atoms with E-state index in [1.165, 1.54) is 24.8 Å². The maximum Gasteiger partial charge on any atom is 0.123 e. The quantitative estimate of drug-likeness (QED) is 0.825. The lowest BCUT2D eigenvalue weighted by atomic mass is 9.79. The average molecular weight is 283 g/mol. The van der Waals surface area contributed by atoms with E-state index in [-0.39, 0.29) is 5.82 Å². The Labute approximate surface area is 126 Å². The first kappa shape index (κ1) is 14.3. The summed E-state index contributed by atoms with van der Waals surface area (Å²) < 4.78 is 13.7. The first-order valence-electron chi connectivity index (χ1n) is 7.87. The van der Waals surface area contributed by atoms with Gasteiger partial charge in [-0.15, -0.1) is 0 Å². The Morgan fingerprint density at radius 2 is 2.00 bits per heavy atom. The van der Waals surface area contributed by atoms with Crippen molar-refractivity contribution >= 4 is 0 Å². The zero-order valence-electron chi connectivity index (χ0n) is 12.5. The summed E-state index contributed by atoms with van der Waals surface area (Å²) >= 11 is 0. The second kappa shape index (κ2) is 6.40. The van der Waals surface area contributed by atoms with E-state index in [1.54, 1.807) is 12.1 Å².